The average molecular weight is 246 g/mol. The Labute approximate surface area is 106 Å². The van der Waals surface area contributed by atoms with Crippen molar-refractivity contribution in [2.24, 2.45) is 0 Å². The molecule has 90 valence electrons. The van der Waals surface area contributed by atoms with E-state index in [1.807, 2.05) is 11.4 Å². The van der Waals surface area contributed by atoms with Crippen LogP contribution in [0, 0.1) is 6.92 Å². The van der Waals surface area contributed by atoms with Gasteiger partial charge in [-0.2, -0.15) is 0 Å². The Kier molecular flexibility index (Phi) is 3.82. The number of nitrogens with two attached hydrogens (primary N) is 1. The highest BCUT2D eigenvalue weighted by Gasteiger charge is 2.06. The van der Waals surface area contributed by atoms with E-state index >= 15 is 0 Å². The Balaban J connectivity index is 1.95. The zero-order chi connectivity index (χ0) is 12.3. The summed E-state index contributed by atoms with van der Waals surface area (Å²) >= 11 is 1.70. The molecule has 1 heterocycles. The van der Waals surface area contributed by atoms with Gasteiger partial charge in [-0.3, -0.25) is 0 Å². The minimum Gasteiger partial charge on any atom is -0.398 e. The van der Waals surface area contributed by atoms with Crippen molar-refractivity contribution in [1.82, 2.24) is 5.32 Å². The maximum Gasteiger partial charge on any atom is 0.0468 e. The summed E-state index contributed by atoms with van der Waals surface area (Å²) in [4.78, 5) is 1.21. The van der Waals surface area contributed by atoms with Gasteiger partial charge >= 0.3 is 0 Å². The highest BCUT2D eigenvalue weighted by molar-refractivity contribution is 7.10. The Bertz CT molecular complexity index is 473. The van der Waals surface area contributed by atoms with Gasteiger partial charge in [-0.15, -0.1) is 11.3 Å². The molecule has 0 radical (unpaired) electrons. The van der Waals surface area contributed by atoms with E-state index in [0.717, 1.165) is 12.2 Å². The standard InChI is InChI=1S/C14H18N2S/c1-10-3-5-12(6-4-10)11(2)16-9-14-13(15)7-8-17-14/h3-8,11,16H,9,15H2,1-2H3/t11-/m0/s1. The zero-order valence-corrected chi connectivity index (χ0v) is 11.1. The van der Waals surface area contributed by atoms with Crippen molar-refractivity contribution in [3.05, 3.63) is 51.7 Å². The van der Waals surface area contributed by atoms with Crippen molar-refractivity contribution >= 4 is 17.0 Å². The van der Waals surface area contributed by atoms with Gasteiger partial charge in [0, 0.05) is 23.2 Å². The molecule has 2 rings (SSSR count). The molecule has 2 nitrogen and oxygen atoms in total. The highest BCUT2D eigenvalue weighted by Crippen LogP contribution is 2.20. The number of benzene rings is 1. The lowest BCUT2D eigenvalue weighted by Crippen LogP contribution is -2.17. The van der Waals surface area contributed by atoms with Crippen molar-refractivity contribution in [3.8, 4) is 0 Å². The van der Waals surface area contributed by atoms with Gasteiger partial charge in [-0.25, -0.2) is 0 Å². The lowest BCUT2D eigenvalue weighted by atomic mass is 10.1. The molecule has 17 heavy (non-hydrogen) atoms. The number of anilines is 1. The number of hydrogen-bond acceptors (Lipinski definition) is 3. The number of nitrogens with one attached hydrogen (secondary N) is 1. The van der Waals surface area contributed by atoms with Gasteiger partial charge in [0.15, 0.2) is 0 Å². The van der Waals surface area contributed by atoms with E-state index in [-0.39, 0.29) is 0 Å². The number of aryl methyl sites for hydroxylation is 1. The molecule has 1 aromatic heterocycles. The predicted octanol–water partition coefficient (Wildman–Crippen LogP) is 3.49. The van der Waals surface area contributed by atoms with Crippen molar-refractivity contribution in [1.29, 1.82) is 0 Å². The van der Waals surface area contributed by atoms with Crippen LogP contribution in [0.1, 0.15) is 29.0 Å². The lowest BCUT2D eigenvalue weighted by Gasteiger charge is -2.14. The first-order chi connectivity index (χ1) is 8.16. The van der Waals surface area contributed by atoms with Gasteiger partial charge < -0.3 is 11.1 Å². The number of thiophene rings is 1. The second-order valence-electron chi connectivity index (χ2n) is 4.31. The normalized spacial score (nSPS) is 12.6. The summed E-state index contributed by atoms with van der Waals surface area (Å²) < 4.78 is 0. The summed E-state index contributed by atoms with van der Waals surface area (Å²) in [5, 5.41) is 5.52. The Morgan fingerprint density at radius 1 is 1.24 bits per heavy atom. The monoisotopic (exact) mass is 246 g/mol. The minimum atomic E-state index is 0.345. The van der Waals surface area contributed by atoms with E-state index in [9.17, 15) is 0 Å². The van der Waals surface area contributed by atoms with Gasteiger partial charge in [0.2, 0.25) is 0 Å². The molecule has 3 N–H and O–H groups in total. The summed E-state index contributed by atoms with van der Waals surface area (Å²) in [5.41, 5.74) is 9.35. The van der Waals surface area contributed by atoms with Crippen molar-refractivity contribution in [2.45, 2.75) is 26.4 Å². The quantitative estimate of drug-likeness (QED) is 0.866. The first-order valence-corrected chi connectivity index (χ1v) is 6.66. The van der Waals surface area contributed by atoms with Crippen LogP contribution in [-0.4, -0.2) is 0 Å². The van der Waals surface area contributed by atoms with Crippen molar-refractivity contribution in [3.63, 3.8) is 0 Å². The average Bonchev–Trinajstić information content (AvgIpc) is 2.73. The van der Waals surface area contributed by atoms with Crippen LogP contribution in [0.3, 0.4) is 0 Å². The van der Waals surface area contributed by atoms with Crippen LogP contribution in [0.25, 0.3) is 0 Å². The predicted molar refractivity (Wildman–Crippen MR) is 75.2 cm³/mol. The smallest absolute Gasteiger partial charge is 0.0468 e. The van der Waals surface area contributed by atoms with Crippen LogP contribution >= 0.6 is 11.3 Å². The number of rotatable bonds is 4. The van der Waals surface area contributed by atoms with Crippen LogP contribution in [0.4, 0.5) is 5.69 Å². The molecule has 0 amide bonds. The molecule has 0 saturated carbocycles. The summed E-state index contributed by atoms with van der Waals surface area (Å²) in [7, 11) is 0. The summed E-state index contributed by atoms with van der Waals surface area (Å²) in [6.45, 7) is 5.11. The van der Waals surface area contributed by atoms with Crippen LogP contribution < -0.4 is 11.1 Å². The molecule has 3 heteroatoms. The van der Waals surface area contributed by atoms with Gasteiger partial charge in [0.25, 0.3) is 0 Å². The van der Waals surface area contributed by atoms with E-state index in [4.69, 9.17) is 5.73 Å². The van der Waals surface area contributed by atoms with E-state index < -0.39 is 0 Å². The number of nitrogen functional groups attached to an aromatic ring is 1. The topological polar surface area (TPSA) is 38.0 Å². The first-order valence-electron chi connectivity index (χ1n) is 5.78. The minimum absolute atomic E-state index is 0.345. The molecule has 1 aromatic carbocycles. The largest absolute Gasteiger partial charge is 0.398 e. The molecule has 2 aromatic rings. The maximum atomic E-state index is 5.86. The van der Waals surface area contributed by atoms with Crippen LogP contribution in [-0.2, 0) is 6.54 Å². The molecular formula is C14H18N2S. The van der Waals surface area contributed by atoms with E-state index in [1.54, 1.807) is 11.3 Å². The summed E-state index contributed by atoms with van der Waals surface area (Å²) in [5.74, 6) is 0. The molecule has 0 aliphatic heterocycles. The fourth-order valence-corrected chi connectivity index (χ4v) is 2.46. The second kappa shape index (κ2) is 5.34. The maximum absolute atomic E-state index is 5.86. The Morgan fingerprint density at radius 3 is 2.53 bits per heavy atom. The molecule has 0 aliphatic carbocycles. The fraction of sp³-hybridized carbons (Fsp3) is 0.286. The third-order valence-corrected chi connectivity index (χ3v) is 3.86. The SMILES string of the molecule is Cc1ccc([C@H](C)NCc2sccc2N)cc1. The third kappa shape index (κ3) is 3.08. The van der Waals surface area contributed by atoms with Gasteiger partial charge in [0.05, 0.1) is 0 Å². The summed E-state index contributed by atoms with van der Waals surface area (Å²) in [6, 6.07) is 10.9. The molecule has 0 spiro atoms. The van der Waals surface area contributed by atoms with E-state index in [2.05, 4.69) is 43.4 Å². The Morgan fingerprint density at radius 2 is 1.94 bits per heavy atom. The van der Waals surface area contributed by atoms with Crippen LogP contribution in [0.5, 0.6) is 0 Å². The summed E-state index contributed by atoms with van der Waals surface area (Å²) in [6.07, 6.45) is 0. The van der Waals surface area contributed by atoms with Crippen molar-refractivity contribution < 1.29 is 0 Å². The number of hydrogen-bond donors (Lipinski definition) is 2. The Hall–Kier alpha value is -1.32. The molecule has 0 aliphatic rings. The van der Waals surface area contributed by atoms with Gasteiger partial charge in [-0.05, 0) is 30.9 Å². The second-order valence-corrected chi connectivity index (χ2v) is 5.31. The fourth-order valence-electron chi connectivity index (χ4n) is 1.71. The third-order valence-electron chi connectivity index (χ3n) is 2.93. The molecular weight excluding hydrogens is 228 g/mol. The molecule has 0 fully saturated rings. The van der Waals surface area contributed by atoms with Crippen LogP contribution in [0.15, 0.2) is 35.7 Å². The first kappa shape index (κ1) is 12.1. The molecule has 0 unspecified atom stereocenters. The van der Waals surface area contributed by atoms with Crippen LogP contribution in [0.2, 0.25) is 0 Å². The van der Waals surface area contributed by atoms with Gasteiger partial charge in [-0.1, -0.05) is 29.8 Å². The zero-order valence-electron chi connectivity index (χ0n) is 10.2. The van der Waals surface area contributed by atoms with Crippen molar-refractivity contribution in [2.75, 3.05) is 5.73 Å². The van der Waals surface area contributed by atoms with Gasteiger partial charge in [0.1, 0.15) is 0 Å². The molecule has 1 atom stereocenters. The lowest BCUT2D eigenvalue weighted by molar-refractivity contribution is 0.579. The highest BCUT2D eigenvalue weighted by atomic mass is 32.1. The van der Waals surface area contributed by atoms with E-state index in [1.165, 1.54) is 16.0 Å². The molecule has 0 bridgehead atoms. The molecule has 0 saturated heterocycles. The van der Waals surface area contributed by atoms with E-state index in [0.29, 0.717) is 6.04 Å².